The third-order valence-electron chi connectivity index (χ3n) is 3.58. The van der Waals surface area contributed by atoms with E-state index in [1.54, 1.807) is 6.07 Å². The van der Waals surface area contributed by atoms with Crippen LogP contribution in [0.1, 0.15) is 12.0 Å². The second-order valence-electron chi connectivity index (χ2n) is 5.20. The van der Waals surface area contributed by atoms with Crippen LogP contribution in [0.5, 0.6) is 0 Å². The van der Waals surface area contributed by atoms with Crippen LogP contribution in [0, 0.1) is 0 Å². The average Bonchev–Trinajstić information content (AvgIpc) is 2.60. The zero-order valence-electron chi connectivity index (χ0n) is 12.7. The summed E-state index contributed by atoms with van der Waals surface area (Å²) in [5.74, 6) is -0.146. The molecule has 0 saturated carbocycles. The van der Waals surface area contributed by atoms with Crippen molar-refractivity contribution < 1.29 is 13.6 Å². The van der Waals surface area contributed by atoms with Gasteiger partial charge in [0.25, 0.3) is 6.43 Å². The Morgan fingerprint density at radius 2 is 1.67 bits per heavy atom. The first-order chi connectivity index (χ1) is 11.6. The number of amides is 1. The van der Waals surface area contributed by atoms with Crippen LogP contribution in [-0.2, 0) is 4.79 Å². The molecular weight excluding hydrogens is 328 g/mol. The summed E-state index contributed by atoms with van der Waals surface area (Å²) in [5.41, 5.74) is -0.00275. The van der Waals surface area contributed by atoms with E-state index in [0.717, 1.165) is 15.7 Å². The van der Waals surface area contributed by atoms with Gasteiger partial charge in [-0.15, -0.1) is 11.8 Å². The Bertz CT molecular complexity index is 861. The third kappa shape index (κ3) is 3.74. The lowest BCUT2D eigenvalue weighted by molar-refractivity contribution is -0.113. The molecule has 1 N–H and O–H groups in total. The summed E-state index contributed by atoms with van der Waals surface area (Å²) in [6.45, 7) is 0. The van der Waals surface area contributed by atoms with E-state index in [-0.39, 0.29) is 22.9 Å². The summed E-state index contributed by atoms with van der Waals surface area (Å²) in [4.78, 5) is 13.1. The molecule has 3 aromatic carbocycles. The molecule has 0 fully saturated rings. The number of carbonyl (C=O) groups is 1. The lowest BCUT2D eigenvalue weighted by atomic mass is 10.1. The van der Waals surface area contributed by atoms with Crippen molar-refractivity contribution in [2.75, 3.05) is 11.1 Å². The van der Waals surface area contributed by atoms with Crippen LogP contribution < -0.4 is 5.32 Å². The van der Waals surface area contributed by atoms with Crippen LogP contribution in [0.15, 0.2) is 71.6 Å². The fraction of sp³-hybridized carbons (Fsp3) is 0.105. The van der Waals surface area contributed by atoms with Crippen LogP contribution in [0.25, 0.3) is 10.8 Å². The molecule has 0 aliphatic rings. The van der Waals surface area contributed by atoms with Crippen molar-refractivity contribution in [1.82, 2.24) is 0 Å². The molecule has 1 amide bonds. The highest BCUT2D eigenvalue weighted by Crippen LogP contribution is 2.29. The Morgan fingerprint density at radius 1 is 0.958 bits per heavy atom. The smallest absolute Gasteiger partial charge is 0.265 e. The number of benzene rings is 3. The Balaban J connectivity index is 1.70. The lowest BCUT2D eigenvalue weighted by Gasteiger charge is -2.11. The number of hydrogen-bond donors (Lipinski definition) is 1. The van der Waals surface area contributed by atoms with Crippen molar-refractivity contribution >= 4 is 34.1 Å². The van der Waals surface area contributed by atoms with E-state index < -0.39 is 6.43 Å². The van der Waals surface area contributed by atoms with Gasteiger partial charge in [-0.3, -0.25) is 4.79 Å². The Hall–Kier alpha value is -2.40. The molecule has 0 heterocycles. The molecule has 0 saturated heterocycles. The van der Waals surface area contributed by atoms with Gasteiger partial charge in [-0.2, -0.15) is 0 Å². The molecule has 0 spiro atoms. The maximum absolute atomic E-state index is 12.9. The van der Waals surface area contributed by atoms with Gasteiger partial charge in [0.05, 0.1) is 5.75 Å². The van der Waals surface area contributed by atoms with E-state index >= 15 is 0 Å². The van der Waals surface area contributed by atoms with Crippen molar-refractivity contribution in [3.05, 3.63) is 72.3 Å². The van der Waals surface area contributed by atoms with E-state index in [0.29, 0.717) is 0 Å². The fourth-order valence-corrected chi connectivity index (χ4v) is 3.33. The van der Waals surface area contributed by atoms with Gasteiger partial charge in [-0.1, -0.05) is 54.6 Å². The van der Waals surface area contributed by atoms with Gasteiger partial charge in [-0.25, -0.2) is 8.78 Å². The molecule has 24 heavy (non-hydrogen) atoms. The third-order valence-corrected chi connectivity index (χ3v) is 4.65. The summed E-state index contributed by atoms with van der Waals surface area (Å²) in [6, 6.07) is 19.8. The van der Waals surface area contributed by atoms with Crippen molar-refractivity contribution in [3.8, 4) is 0 Å². The molecule has 0 aliphatic heterocycles. The first-order valence-corrected chi connectivity index (χ1v) is 8.41. The zero-order chi connectivity index (χ0) is 16.9. The monoisotopic (exact) mass is 343 g/mol. The minimum atomic E-state index is -2.62. The molecule has 0 aliphatic carbocycles. The average molecular weight is 343 g/mol. The van der Waals surface area contributed by atoms with Gasteiger partial charge in [-0.05, 0) is 22.9 Å². The number of alkyl halides is 2. The zero-order valence-corrected chi connectivity index (χ0v) is 13.5. The summed E-state index contributed by atoms with van der Waals surface area (Å²) in [7, 11) is 0. The minimum absolute atomic E-state index is 0.158. The number of para-hydroxylation sites is 1. The summed E-state index contributed by atoms with van der Waals surface area (Å²) in [6.07, 6.45) is -2.62. The highest BCUT2D eigenvalue weighted by Gasteiger charge is 2.14. The molecule has 0 aromatic heterocycles. The molecule has 2 nitrogen and oxygen atoms in total. The van der Waals surface area contributed by atoms with Crippen LogP contribution >= 0.6 is 11.8 Å². The van der Waals surface area contributed by atoms with Crippen molar-refractivity contribution in [1.29, 1.82) is 0 Å². The molecule has 0 atom stereocenters. The van der Waals surface area contributed by atoms with Crippen molar-refractivity contribution in [2.24, 2.45) is 0 Å². The highest BCUT2D eigenvalue weighted by molar-refractivity contribution is 8.00. The Morgan fingerprint density at radius 3 is 2.50 bits per heavy atom. The van der Waals surface area contributed by atoms with E-state index in [4.69, 9.17) is 0 Å². The maximum Gasteiger partial charge on any atom is 0.265 e. The molecular formula is C19H15F2NOS. The molecule has 0 unspecified atom stereocenters. The number of anilines is 1. The highest BCUT2D eigenvalue weighted by atomic mass is 32.2. The number of nitrogens with one attached hydrogen (secondary N) is 1. The SMILES string of the molecule is O=C(CSc1cccc2ccccc12)Nc1ccccc1C(F)F. The van der Waals surface area contributed by atoms with E-state index in [2.05, 4.69) is 5.32 Å². The maximum atomic E-state index is 12.9. The predicted molar refractivity (Wildman–Crippen MR) is 94.7 cm³/mol. The van der Waals surface area contributed by atoms with Gasteiger partial charge >= 0.3 is 0 Å². The number of rotatable bonds is 5. The van der Waals surface area contributed by atoms with Crippen molar-refractivity contribution in [2.45, 2.75) is 11.3 Å². The van der Waals surface area contributed by atoms with Crippen LogP contribution in [-0.4, -0.2) is 11.7 Å². The Kier molecular flexibility index (Phi) is 5.11. The number of thioether (sulfide) groups is 1. The quantitative estimate of drug-likeness (QED) is 0.619. The lowest BCUT2D eigenvalue weighted by Crippen LogP contribution is -2.15. The fourth-order valence-electron chi connectivity index (χ4n) is 2.45. The second-order valence-corrected chi connectivity index (χ2v) is 6.22. The van der Waals surface area contributed by atoms with Gasteiger partial charge in [0, 0.05) is 16.1 Å². The summed E-state index contributed by atoms with van der Waals surface area (Å²) < 4.78 is 25.9. The van der Waals surface area contributed by atoms with Crippen LogP contribution in [0.4, 0.5) is 14.5 Å². The van der Waals surface area contributed by atoms with E-state index in [1.165, 1.54) is 30.0 Å². The first-order valence-electron chi connectivity index (χ1n) is 7.42. The predicted octanol–water partition coefficient (Wildman–Crippen LogP) is 5.51. The summed E-state index contributed by atoms with van der Waals surface area (Å²) >= 11 is 1.39. The van der Waals surface area contributed by atoms with Crippen molar-refractivity contribution in [3.63, 3.8) is 0 Å². The molecule has 0 bridgehead atoms. The second kappa shape index (κ2) is 7.45. The topological polar surface area (TPSA) is 29.1 Å². The van der Waals surface area contributed by atoms with E-state index in [1.807, 2.05) is 42.5 Å². The number of fused-ring (bicyclic) bond motifs is 1. The number of halogens is 2. The standard InChI is InChI=1S/C19H15F2NOS/c20-19(21)15-9-3-4-10-16(15)22-18(23)12-24-17-11-5-7-13-6-1-2-8-14(13)17/h1-11,19H,12H2,(H,22,23). The van der Waals surface area contributed by atoms with Gasteiger partial charge < -0.3 is 5.32 Å². The van der Waals surface area contributed by atoms with Gasteiger partial charge in [0.15, 0.2) is 0 Å². The van der Waals surface area contributed by atoms with Crippen LogP contribution in [0.3, 0.4) is 0 Å². The summed E-state index contributed by atoms with van der Waals surface area (Å²) in [5, 5.41) is 4.75. The molecule has 3 rings (SSSR count). The van der Waals surface area contributed by atoms with Gasteiger partial charge in [0.2, 0.25) is 5.91 Å². The largest absolute Gasteiger partial charge is 0.325 e. The number of hydrogen-bond acceptors (Lipinski definition) is 2. The first kappa shape index (κ1) is 16.5. The molecule has 5 heteroatoms. The van der Waals surface area contributed by atoms with Crippen LogP contribution in [0.2, 0.25) is 0 Å². The minimum Gasteiger partial charge on any atom is -0.325 e. The number of carbonyl (C=O) groups excluding carboxylic acids is 1. The van der Waals surface area contributed by atoms with Gasteiger partial charge in [0.1, 0.15) is 0 Å². The molecule has 3 aromatic rings. The normalized spacial score (nSPS) is 11.0. The Labute approximate surface area is 142 Å². The molecule has 122 valence electrons. The van der Waals surface area contributed by atoms with E-state index in [9.17, 15) is 13.6 Å². The molecule has 0 radical (unpaired) electrons.